The standard InChI is InChI=1S/C22H19FO4/c23-18-8-12-20(13-9-18)27-21(22(24)25)14-16-6-10-19(11-7-16)26-15-17-4-2-1-3-5-17/h1-13,21H,14-15H2,(H,24,25). The van der Waals surface area contributed by atoms with Gasteiger partial charge in [-0.05, 0) is 47.5 Å². The summed E-state index contributed by atoms with van der Waals surface area (Å²) in [5, 5.41) is 9.39. The van der Waals surface area contributed by atoms with E-state index in [1.54, 1.807) is 12.1 Å². The van der Waals surface area contributed by atoms with Crippen molar-refractivity contribution in [2.45, 2.75) is 19.1 Å². The number of hydrogen-bond acceptors (Lipinski definition) is 3. The van der Waals surface area contributed by atoms with E-state index in [1.165, 1.54) is 24.3 Å². The minimum atomic E-state index is -1.08. The van der Waals surface area contributed by atoms with Crippen LogP contribution in [0.2, 0.25) is 0 Å². The zero-order chi connectivity index (χ0) is 19.1. The predicted molar refractivity (Wildman–Crippen MR) is 99.4 cm³/mol. The summed E-state index contributed by atoms with van der Waals surface area (Å²) in [6, 6.07) is 22.3. The van der Waals surface area contributed by atoms with Gasteiger partial charge in [0.05, 0.1) is 0 Å². The number of aliphatic carboxylic acids is 1. The van der Waals surface area contributed by atoms with E-state index in [0.717, 1.165) is 11.1 Å². The minimum Gasteiger partial charge on any atom is -0.489 e. The fourth-order valence-electron chi connectivity index (χ4n) is 2.53. The molecule has 0 saturated heterocycles. The lowest BCUT2D eigenvalue weighted by Gasteiger charge is -2.15. The fraction of sp³-hybridized carbons (Fsp3) is 0.136. The lowest BCUT2D eigenvalue weighted by Crippen LogP contribution is -2.29. The molecule has 3 aromatic rings. The smallest absolute Gasteiger partial charge is 0.345 e. The molecule has 4 nitrogen and oxygen atoms in total. The minimum absolute atomic E-state index is 0.186. The van der Waals surface area contributed by atoms with Crippen LogP contribution in [-0.4, -0.2) is 17.2 Å². The van der Waals surface area contributed by atoms with E-state index in [9.17, 15) is 14.3 Å². The van der Waals surface area contributed by atoms with E-state index < -0.39 is 17.9 Å². The number of carbonyl (C=O) groups is 1. The topological polar surface area (TPSA) is 55.8 Å². The third kappa shape index (κ3) is 5.57. The van der Waals surface area contributed by atoms with Crippen LogP contribution in [0.4, 0.5) is 4.39 Å². The number of hydrogen-bond donors (Lipinski definition) is 1. The van der Waals surface area contributed by atoms with Crippen molar-refractivity contribution in [1.29, 1.82) is 0 Å². The third-order valence-electron chi connectivity index (χ3n) is 3.96. The molecule has 3 rings (SSSR count). The SMILES string of the molecule is O=C(O)C(Cc1ccc(OCc2ccccc2)cc1)Oc1ccc(F)cc1. The molecule has 0 radical (unpaired) electrons. The number of halogens is 1. The maximum absolute atomic E-state index is 13.0. The van der Waals surface area contributed by atoms with Crippen LogP contribution in [0.1, 0.15) is 11.1 Å². The average molecular weight is 366 g/mol. The first kappa shape index (κ1) is 18.5. The summed E-state index contributed by atoms with van der Waals surface area (Å²) < 4.78 is 24.2. The Balaban J connectivity index is 1.59. The van der Waals surface area contributed by atoms with Crippen molar-refractivity contribution in [2.24, 2.45) is 0 Å². The number of carboxylic acids is 1. The second-order valence-electron chi connectivity index (χ2n) is 6.02. The summed E-state index contributed by atoms with van der Waals surface area (Å²) >= 11 is 0. The molecule has 0 aromatic heterocycles. The highest BCUT2D eigenvalue weighted by Gasteiger charge is 2.20. The predicted octanol–water partition coefficient (Wildman–Crippen LogP) is 4.48. The molecule has 0 saturated carbocycles. The Bertz CT molecular complexity index is 861. The second kappa shape index (κ2) is 8.85. The summed E-state index contributed by atoms with van der Waals surface area (Å²) in [4.78, 5) is 11.5. The molecular formula is C22H19FO4. The van der Waals surface area contributed by atoms with Gasteiger partial charge in [0.25, 0.3) is 0 Å². The van der Waals surface area contributed by atoms with Gasteiger partial charge in [-0.1, -0.05) is 42.5 Å². The fourth-order valence-corrected chi connectivity index (χ4v) is 2.53. The van der Waals surface area contributed by atoms with Crippen molar-refractivity contribution in [2.75, 3.05) is 0 Å². The van der Waals surface area contributed by atoms with Crippen molar-refractivity contribution < 1.29 is 23.8 Å². The van der Waals surface area contributed by atoms with Gasteiger partial charge >= 0.3 is 5.97 Å². The summed E-state index contributed by atoms with van der Waals surface area (Å²) in [7, 11) is 0. The Morgan fingerprint density at radius 1 is 0.852 bits per heavy atom. The Morgan fingerprint density at radius 3 is 2.11 bits per heavy atom. The Hall–Kier alpha value is -3.34. The molecule has 0 aliphatic heterocycles. The zero-order valence-electron chi connectivity index (χ0n) is 14.5. The summed E-state index contributed by atoms with van der Waals surface area (Å²) in [6.45, 7) is 0.464. The molecule has 0 heterocycles. The molecule has 5 heteroatoms. The molecule has 1 unspecified atom stereocenters. The van der Waals surface area contributed by atoms with Crippen LogP contribution in [0, 0.1) is 5.82 Å². The van der Waals surface area contributed by atoms with Gasteiger partial charge in [0, 0.05) is 6.42 Å². The van der Waals surface area contributed by atoms with Gasteiger partial charge in [-0.25, -0.2) is 9.18 Å². The highest BCUT2D eigenvalue weighted by Crippen LogP contribution is 2.18. The van der Waals surface area contributed by atoms with Crippen molar-refractivity contribution in [3.63, 3.8) is 0 Å². The van der Waals surface area contributed by atoms with Gasteiger partial charge in [-0.15, -0.1) is 0 Å². The third-order valence-corrected chi connectivity index (χ3v) is 3.96. The van der Waals surface area contributed by atoms with Crippen LogP contribution in [0.15, 0.2) is 78.9 Å². The number of rotatable bonds is 8. The molecule has 1 atom stereocenters. The number of ether oxygens (including phenoxy) is 2. The molecule has 0 aliphatic carbocycles. The Morgan fingerprint density at radius 2 is 1.48 bits per heavy atom. The second-order valence-corrected chi connectivity index (χ2v) is 6.02. The van der Waals surface area contributed by atoms with Crippen LogP contribution in [0.25, 0.3) is 0 Å². The van der Waals surface area contributed by atoms with Gasteiger partial charge in [0.2, 0.25) is 0 Å². The van der Waals surface area contributed by atoms with E-state index >= 15 is 0 Å². The molecule has 138 valence electrons. The van der Waals surface area contributed by atoms with E-state index in [0.29, 0.717) is 18.1 Å². The molecule has 27 heavy (non-hydrogen) atoms. The van der Waals surface area contributed by atoms with Crippen LogP contribution >= 0.6 is 0 Å². The Kier molecular flexibility index (Phi) is 6.05. The molecular weight excluding hydrogens is 347 g/mol. The largest absolute Gasteiger partial charge is 0.489 e. The molecule has 0 spiro atoms. The molecule has 0 bridgehead atoms. The lowest BCUT2D eigenvalue weighted by atomic mass is 10.1. The first-order valence-electron chi connectivity index (χ1n) is 8.51. The Labute approximate surface area is 156 Å². The van der Waals surface area contributed by atoms with Crippen molar-refractivity contribution in [3.05, 3.63) is 95.8 Å². The van der Waals surface area contributed by atoms with Crippen molar-refractivity contribution in [3.8, 4) is 11.5 Å². The summed E-state index contributed by atoms with van der Waals surface area (Å²) in [5.74, 6) is -0.468. The molecule has 0 amide bonds. The zero-order valence-corrected chi connectivity index (χ0v) is 14.5. The lowest BCUT2D eigenvalue weighted by molar-refractivity contribution is -0.145. The molecule has 3 aromatic carbocycles. The monoisotopic (exact) mass is 366 g/mol. The summed E-state index contributed by atoms with van der Waals surface area (Å²) in [6.07, 6.45) is -0.877. The molecule has 1 N–H and O–H groups in total. The number of benzene rings is 3. The number of carboxylic acid groups (broad SMARTS) is 1. The first-order valence-corrected chi connectivity index (χ1v) is 8.51. The van der Waals surface area contributed by atoms with Crippen LogP contribution in [0.3, 0.4) is 0 Å². The quantitative estimate of drug-likeness (QED) is 0.639. The van der Waals surface area contributed by atoms with Crippen LogP contribution in [0.5, 0.6) is 11.5 Å². The van der Waals surface area contributed by atoms with E-state index in [-0.39, 0.29) is 6.42 Å². The van der Waals surface area contributed by atoms with E-state index in [2.05, 4.69) is 0 Å². The highest BCUT2D eigenvalue weighted by molar-refractivity contribution is 5.73. The van der Waals surface area contributed by atoms with Crippen molar-refractivity contribution in [1.82, 2.24) is 0 Å². The maximum atomic E-state index is 13.0. The molecule has 0 fully saturated rings. The first-order chi connectivity index (χ1) is 13.1. The van der Waals surface area contributed by atoms with Gasteiger partial charge in [-0.3, -0.25) is 0 Å². The van der Waals surface area contributed by atoms with Gasteiger partial charge < -0.3 is 14.6 Å². The normalized spacial score (nSPS) is 11.6. The molecule has 0 aliphatic rings. The maximum Gasteiger partial charge on any atom is 0.345 e. The summed E-state index contributed by atoms with van der Waals surface area (Å²) in [5.41, 5.74) is 1.87. The van der Waals surface area contributed by atoms with Crippen molar-refractivity contribution >= 4 is 5.97 Å². The van der Waals surface area contributed by atoms with Gasteiger partial charge in [0.1, 0.15) is 23.9 Å². The highest BCUT2D eigenvalue weighted by atomic mass is 19.1. The van der Waals surface area contributed by atoms with E-state index in [1.807, 2.05) is 42.5 Å². The van der Waals surface area contributed by atoms with Gasteiger partial charge in [-0.2, -0.15) is 0 Å². The van der Waals surface area contributed by atoms with Crippen LogP contribution in [-0.2, 0) is 17.8 Å². The van der Waals surface area contributed by atoms with Crippen LogP contribution < -0.4 is 9.47 Å². The van der Waals surface area contributed by atoms with E-state index in [4.69, 9.17) is 9.47 Å². The van der Waals surface area contributed by atoms with Gasteiger partial charge in [0.15, 0.2) is 6.10 Å². The average Bonchev–Trinajstić information content (AvgIpc) is 2.69.